The van der Waals surface area contributed by atoms with Gasteiger partial charge >= 0.3 is 0 Å². The van der Waals surface area contributed by atoms with Gasteiger partial charge in [-0.05, 0) is 50.9 Å². The lowest BCUT2D eigenvalue weighted by atomic mass is 10.0. The average molecular weight is 454 g/mol. The first kappa shape index (κ1) is 27.3. The molecule has 8 heteroatoms. The number of nitrogens with zero attached hydrogens (tertiary/aromatic N) is 2. The highest BCUT2D eigenvalue weighted by Crippen LogP contribution is 2.16. The van der Waals surface area contributed by atoms with Gasteiger partial charge in [0, 0.05) is 50.9 Å². The Hall–Kier alpha value is -0.720. The zero-order valence-electron chi connectivity index (χ0n) is 16.6. The highest BCUT2D eigenvalue weighted by atomic mass is 35.5. The molecule has 0 aromatic heterocycles. The third-order valence-corrected chi connectivity index (χ3v) is 5.38. The molecule has 1 aromatic rings. The molecule has 1 aromatic carbocycles. The molecule has 2 atom stereocenters. The average Bonchev–Trinajstić information content (AvgIpc) is 3.15. The second kappa shape index (κ2) is 14.3. The lowest BCUT2D eigenvalue weighted by Gasteiger charge is -2.37. The molecule has 2 aliphatic rings. The predicted molar refractivity (Wildman–Crippen MR) is 125 cm³/mol. The quantitative estimate of drug-likeness (QED) is 0.666. The van der Waals surface area contributed by atoms with Crippen molar-refractivity contribution < 1.29 is 4.79 Å². The molecule has 28 heavy (non-hydrogen) atoms. The summed E-state index contributed by atoms with van der Waals surface area (Å²) in [5, 5.41) is 6.54. The summed E-state index contributed by atoms with van der Waals surface area (Å²) < 4.78 is 0. The van der Waals surface area contributed by atoms with Crippen LogP contribution < -0.4 is 15.5 Å². The van der Waals surface area contributed by atoms with E-state index in [1.807, 2.05) is 0 Å². The Bertz CT molecular complexity index is 536. The summed E-state index contributed by atoms with van der Waals surface area (Å²) in [4.78, 5) is 17.0. The van der Waals surface area contributed by atoms with Crippen molar-refractivity contribution in [2.75, 3.05) is 50.7 Å². The number of amides is 1. The SMILES string of the molecule is CC(CN1CCN(c2ccccc2)CC1)NC(=O)CCC1CCNC1.Cl.Cl.Cl. The van der Waals surface area contributed by atoms with E-state index < -0.39 is 0 Å². The van der Waals surface area contributed by atoms with Gasteiger partial charge in [-0.25, -0.2) is 0 Å². The van der Waals surface area contributed by atoms with E-state index in [4.69, 9.17) is 0 Å². The Labute approximate surface area is 188 Å². The lowest BCUT2D eigenvalue weighted by molar-refractivity contribution is -0.122. The number of carbonyl (C=O) groups is 1. The van der Waals surface area contributed by atoms with Crippen LogP contribution >= 0.6 is 37.2 Å². The molecule has 0 aliphatic carbocycles. The van der Waals surface area contributed by atoms with Crippen LogP contribution in [0, 0.1) is 5.92 Å². The molecule has 0 radical (unpaired) electrons. The third-order valence-electron chi connectivity index (χ3n) is 5.38. The number of hydrogen-bond donors (Lipinski definition) is 2. The molecule has 162 valence electrons. The molecule has 2 aliphatic heterocycles. The Kier molecular flexibility index (Phi) is 13.9. The van der Waals surface area contributed by atoms with Crippen LogP contribution in [0.15, 0.2) is 30.3 Å². The maximum absolute atomic E-state index is 12.1. The number of benzene rings is 1. The standard InChI is InChI=1S/C20H32N4O.3ClH/c1-17(22-20(25)8-7-18-9-10-21-15-18)16-23-11-13-24(14-12-23)19-5-3-2-4-6-19;;;/h2-6,17-18,21H,7-16H2,1H3,(H,22,25);3*1H. The summed E-state index contributed by atoms with van der Waals surface area (Å²) in [6.07, 6.45) is 2.90. The monoisotopic (exact) mass is 452 g/mol. The predicted octanol–water partition coefficient (Wildman–Crippen LogP) is 2.97. The van der Waals surface area contributed by atoms with Crippen LogP contribution in [0.2, 0.25) is 0 Å². The van der Waals surface area contributed by atoms with E-state index in [2.05, 4.69) is 57.7 Å². The minimum atomic E-state index is 0. The summed E-state index contributed by atoms with van der Waals surface area (Å²) in [5.74, 6) is 0.898. The largest absolute Gasteiger partial charge is 0.369 e. The fourth-order valence-electron chi connectivity index (χ4n) is 3.90. The van der Waals surface area contributed by atoms with Gasteiger partial charge in [-0.3, -0.25) is 9.69 Å². The van der Waals surface area contributed by atoms with Gasteiger partial charge in [-0.15, -0.1) is 37.2 Å². The Balaban J connectivity index is 0.00000243. The van der Waals surface area contributed by atoms with Crippen LogP contribution in [0.3, 0.4) is 0 Å². The van der Waals surface area contributed by atoms with Crippen LogP contribution in [0.1, 0.15) is 26.2 Å². The van der Waals surface area contributed by atoms with Gasteiger partial charge in [0.15, 0.2) is 0 Å². The molecule has 0 saturated carbocycles. The molecule has 5 nitrogen and oxygen atoms in total. The van der Waals surface area contributed by atoms with Crippen molar-refractivity contribution in [1.82, 2.24) is 15.5 Å². The molecule has 0 bridgehead atoms. The number of halogens is 3. The molecule has 3 rings (SSSR count). The minimum Gasteiger partial charge on any atom is -0.369 e. The van der Waals surface area contributed by atoms with Gasteiger partial charge in [0.1, 0.15) is 0 Å². The van der Waals surface area contributed by atoms with Crippen molar-refractivity contribution in [2.45, 2.75) is 32.2 Å². The first-order valence-electron chi connectivity index (χ1n) is 9.73. The molecular weight excluding hydrogens is 419 g/mol. The van der Waals surface area contributed by atoms with Gasteiger partial charge in [-0.1, -0.05) is 18.2 Å². The second-order valence-electron chi connectivity index (χ2n) is 7.49. The highest BCUT2D eigenvalue weighted by molar-refractivity contribution is 5.86. The maximum atomic E-state index is 12.1. The molecule has 2 unspecified atom stereocenters. The number of carbonyl (C=O) groups excluding carboxylic acids is 1. The van der Waals surface area contributed by atoms with Crippen LogP contribution in [0.5, 0.6) is 0 Å². The normalized spacial score (nSPS) is 20.3. The van der Waals surface area contributed by atoms with E-state index in [9.17, 15) is 4.79 Å². The summed E-state index contributed by atoms with van der Waals surface area (Å²) >= 11 is 0. The van der Waals surface area contributed by atoms with Crippen molar-refractivity contribution in [3.63, 3.8) is 0 Å². The Morgan fingerprint density at radius 1 is 1.14 bits per heavy atom. The smallest absolute Gasteiger partial charge is 0.220 e. The number of rotatable bonds is 7. The van der Waals surface area contributed by atoms with E-state index in [0.717, 1.165) is 52.2 Å². The summed E-state index contributed by atoms with van der Waals surface area (Å²) in [6, 6.07) is 10.8. The molecule has 2 fully saturated rings. The van der Waals surface area contributed by atoms with E-state index in [-0.39, 0.29) is 49.2 Å². The zero-order chi connectivity index (χ0) is 17.5. The van der Waals surface area contributed by atoms with E-state index >= 15 is 0 Å². The first-order chi connectivity index (χ1) is 12.2. The van der Waals surface area contributed by atoms with Gasteiger partial charge < -0.3 is 15.5 Å². The number of nitrogens with one attached hydrogen (secondary N) is 2. The summed E-state index contributed by atoms with van der Waals surface area (Å²) in [6.45, 7) is 9.48. The van der Waals surface area contributed by atoms with Crippen molar-refractivity contribution >= 4 is 48.8 Å². The first-order valence-corrected chi connectivity index (χ1v) is 9.73. The number of para-hydroxylation sites is 1. The molecule has 2 saturated heterocycles. The zero-order valence-corrected chi connectivity index (χ0v) is 19.1. The lowest BCUT2D eigenvalue weighted by Crippen LogP contribution is -2.50. The number of piperazine rings is 1. The van der Waals surface area contributed by atoms with E-state index in [1.54, 1.807) is 0 Å². The van der Waals surface area contributed by atoms with Gasteiger partial charge in [0.25, 0.3) is 0 Å². The van der Waals surface area contributed by atoms with Gasteiger partial charge in [0.05, 0.1) is 0 Å². The van der Waals surface area contributed by atoms with Crippen molar-refractivity contribution in [1.29, 1.82) is 0 Å². The van der Waals surface area contributed by atoms with Crippen LogP contribution in [-0.2, 0) is 4.79 Å². The van der Waals surface area contributed by atoms with Gasteiger partial charge in [-0.2, -0.15) is 0 Å². The second-order valence-corrected chi connectivity index (χ2v) is 7.49. The molecule has 1 amide bonds. The fourth-order valence-corrected chi connectivity index (χ4v) is 3.90. The maximum Gasteiger partial charge on any atom is 0.220 e. The third kappa shape index (κ3) is 8.75. The fraction of sp³-hybridized carbons (Fsp3) is 0.650. The molecule has 2 heterocycles. The topological polar surface area (TPSA) is 47.6 Å². The van der Waals surface area contributed by atoms with Crippen molar-refractivity contribution in [3.05, 3.63) is 30.3 Å². The van der Waals surface area contributed by atoms with Gasteiger partial charge in [0.2, 0.25) is 5.91 Å². The Morgan fingerprint density at radius 3 is 2.43 bits per heavy atom. The van der Waals surface area contributed by atoms with E-state index in [1.165, 1.54) is 12.1 Å². The molecule has 2 N–H and O–H groups in total. The minimum absolute atomic E-state index is 0. The Morgan fingerprint density at radius 2 is 1.82 bits per heavy atom. The summed E-state index contributed by atoms with van der Waals surface area (Å²) in [7, 11) is 0. The van der Waals surface area contributed by atoms with Crippen molar-refractivity contribution in [3.8, 4) is 0 Å². The van der Waals surface area contributed by atoms with Crippen LogP contribution in [0.4, 0.5) is 5.69 Å². The number of hydrogen-bond acceptors (Lipinski definition) is 4. The number of anilines is 1. The molecular formula is C20H35Cl3N4O. The summed E-state index contributed by atoms with van der Waals surface area (Å²) in [5.41, 5.74) is 1.31. The van der Waals surface area contributed by atoms with Crippen molar-refractivity contribution in [2.24, 2.45) is 5.92 Å². The molecule has 0 spiro atoms. The highest BCUT2D eigenvalue weighted by Gasteiger charge is 2.20. The van der Waals surface area contributed by atoms with E-state index in [0.29, 0.717) is 12.3 Å². The van der Waals surface area contributed by atoms with Crippen LogP contribution in [-0.4, -0.2) is 62.7 Å². The van der Waals surface area contributed by atoms with Crippen LogP contribution in [0.25, 0.3) is 0 Å².